The molecule has 0 saturated carbocycles. The predicted molar refractivity (Wildman–Crippen MR) is 65.0 cm³/mol. The van der Waals surface area contributed by atoms with Crippen molar-refractivity contribution in [1.82, 2.24) is 5.32 Å². The lowest BCUT2D eigenvalue weighted by atomic mass is 10.1. The van der Waals surface area contributed by atoms with Crippen molar-refractivity contribution in [3.05, 3.63) is 29.8 Å². The Labute approximate surface area is 114 Å². The fraction of sp³-hybridized carbons (Fsp3) is 0.273. The van der Waals surface area contributed by atoms with Crippen LogP contribution in [0.4, 0.5) is 23.7 Å². The number of amides is 3. The molecule has 1 N–H and O–H groups in total. The largest absolute Gasteiger partial charge is 0.416 e. The summed E-state index contributed by atoms with van der Waals surface area (Å²) in [5.74, 6) is -0.506. The molecule has 1 saturated heterocycles. The molecule has 0 aromatic heterocycles. The van der Waals surface area contributed by atoms with E-state index >= 15 is 0 Å². The number of hydrogen-bond acceptors (Lipinski definition) is 2. The van der Waals surface area contributed by atoms with Gasteiger partial charge in [-0.15, -0.1) is 0 Å². The van der Waals surface area contributed by atoms with Crippen LogP contribution in [0, 0.1) is 0 Å². The van der Waals surface area contributed by atoms with Gasteiger partial charge in [-0.1, -0.05) is 22.0 Å². The van der Waals surface area contributed by atoms with Crippen molar-refractivity contribution in [3.8, 4) is 0 Å². The van der Waals surface area contributed by atoms with Crippen molar-refractivity contribution in [2.75, 3.05) is 11.4 Å². The van der Waals surface area contributed by atoms with Crippen LogP contribution in [0.3, 0.4) is 0 Å². The van der Waals surface area contributed by atoms with Crippen LogP contribution < -0.4 is 10.2 Å². The third-order valence-electron chi connectivity index (χ3n) is 2.59. The van der Waals surface area contributed by atoms with E-state index in [9.17, 15) is 22.8 Å². The topological polar surface area (TPSA) is 49.4 Å². The van der Waals surface area contributed by atoms with E-state index in [0.29, 0.717) is 0 Å². The number of imide groups is 1. The highest BCUT2D eigenvalue weighted by atomic mass is 79.9. The molecule has 19 heavy (non-hydrogen) atoms. The number of carbonyl (C=O) groups excluding carboxylic acids is 2. The average Bonchev–Trinajstić information content (AvgIpc) is 2.33. The van der Waals surface area contributed by atoms with Gasteiger partial charge in [0.15, 0.2) is 0 Å². The Balaban J connectivity index is 2.32. The highest BCUT2D eigenvalue weighted by Gasteiger charge is 2.34. The number of nitrogens with one attached hydrogen (secondary N) is 1. The van der Waals surface area contributed by atoms with Gasteiger partial charge < -0.3 is 0 Å². The summed E-state index contributed by atoms with van der Waals surface area (Å²) in [6.45, 7) is -0.0218. The van der Waals surface area contributed by atoms with Gasteiger partial charge >= 0.3 is 12.2 Å². The van der Waals surface area contributed by atoms with Gasteiger partial charge in [0.2, 0.25) is 5.91 Å². The lowest BCUT2D eigenvalue weighted by Gasteiger charge is -2.29. The van der Waals surface area contributed by atoms with Crippen LogP contribution in [-0.2, 0) is 11.0 Å². The van der Waals surface area contributed by atoms with Gasteiger partial charge in [0.25, 0.3) is 0 Å². The van der Waals surface area contributed by atoms with E-state index in [4.69, 9.17) is 0 Å². The summed E-state index contributed by atoms with van der Waals surface area (Å²) in [7, 11) is 0. The minimum atomic E-state index is -4.48. The molecular weight excluding hydrogens is 329 g/mol. The van der Waals surface area contributed by atoms with E-state index in [2.05, 4.69) is 21.2 Å². The lowest BCUT2D eigenvalue weighted by Crippen LogP contribution is -2.55. The van der Waals surface area contributed by atoms with Crippen molar-refractivity contribution in [3.63, 3.8) is 0 Å². The zero-order valence-corrected chi connectivity index (χ0v) is 11.0. The molecule has 1 atom stereocenters. The van der Waals surface area contributed by atoms with Gasteiger partial charge in [-0.05, 0) is 18.2 Å². The van der Waals surface area contributed by atoms with Crippen molar-refractivity contribution in [2.45, 2.75) is 11.0 Å². The van der Waals surface area contributed by atoms with Gasteiger partial charge in [0.1, 0.15) is 4.83 Å². The quantitative estimate of drug-likeness (QED) is 0.801. The summed E-state index contributed by atoms with van der Waals surface area (Å²) >= 11 is 3.05. The maximum absolute atomic E-state index is 12.6. The summed E-state index contributed by atoms with van der Waals surface area (Å²) in [6, 6.07) is 3.65. The molecule has 0 bridgehead atoms. The van der Waals surface area contributed by atoms with E-state index in [1.807, 2.05) is 0 Å². The monoisotopic (exact) mass is 336 g/mol. The zero-order valence-electron chi connectivity index (χ0n) is 9.37. The van der Waals surface area contributed by atoms with E-state index in [0.717, 1.165) is 17.0 Å². The van der Waals surface area contributed by atoms with Crippen LogP contribution in [0.25, 0.3) is 0 Å². The van der Waals surface area contributed by atoms with Gasteiger partial charge in [-0.25, -0.2) is 4.79 Å². The first kappa shape index (κ1) is 13.9. The van der Waals surface area contributed by atoms with Crippen molar-refractivity contribution >= 4 is 33.6 Å². The number of carbonyl (C=O) groups is 2. The van der Waals surface area contributed by atoms with Crippen LogP contribution in [0.2, 0.25) is 0 Å². The summed E-state index contributed by atoms with van der Waals surface area (Å²) in [6.07, 6.45) is -4.48. The number of alkyl halides is 4. The number of hydrogen-bond donors (Lipinski definition) is 1. The van der Waals surface area contributed by atoms with Crippen LogP contribution >= 0.6 is 15.9 Å². The fourth-order valence-corrected chi connectivity index (χ4v) is 2.05. The van der Waals surface area contributed by atoms with Gasteiger partial charge in [-0.3, -0.25) is 15.0 Å². The number of nitrogens with zero attached hydrogens (tertiary/aromatic N) is 1. The lowest BCUT2D eigenvalue weighted by molar-refractivity contribution is -0.137. The second-order valence-corrected chi connectivity index (χ2v) is 5.03. The minimum Gasteiger partial charge on any atom is -0.292 e. The second-order valence-electron chi connectivity index (χ2n) is 3.92. The molecule has 1 aliphatic rings. The Morgan fingerprint density at radius 1 is 1.32 bits per heavy atom. The Hall–Kier alpha value is -1.57. The summed E-state index contributed by atoms with van der Waals surface area (Å²) in [5, 5.41) is 2.06. The molecule has 0 aliphatic carbocycles. The van der Waals surface area contributed by atoms with Crippen molar-refractivity contribution in [1.29, 1.82) is 0 Å². The van der Waals surface area contributed by atoms with Gasteiger partial charge in [0.05, 0.1) is 5.56 Å². The standard InChI is InChI=1S/C11H8BrF3N2O2/c12-8-5-17(10(19)16-9(8)18)7-3-1-2-6(4-7)11(13,14)15/h1-4,8H,5H2,(H,16,18,19). The molecule has 1 fully saturated rings. The smallest absolute Gasteiger partial charge is 0.292 e. The van der Waals surface area contributed by atoms with Crippen molar-refractivity contribution < 1.29 is 22.8 Å². The molecule has 1 heterocycles. The fourth-order valence-electron chi connectivity index (χ4n) is 1.65. The molecule has 3 amide bonds. The summed E-state index contributed by atoms with van der Waals surface area (Å²) in [4.78, 5) is 23.3. The third-order valence-corrected chi connectivity index (χ3v) is 3.29. The first-order valence-electron chi connectivity index (χ1n) is 5.23. The minimum absolute atomic E-state index is 0.0218. The Morgan fingerprint density at radius 3 is 2.63 bits per heavy atom. The molecule has 0 radical (unpaired) electrons. The summed E-state index contributed by atoms with van der Waals surface area (Å²) < 4.78 is 37.8. The second kappa shape index (κ2) is 4.84. The van der Waals surface area contributed by atoms with Crippen molar-refractivity contribution in [2.24, 2.45) is 0 Å². The normalized spacial score (nSPS) is 20.4. The molecule has 1 aromatic carbocycles. The first-order valence-corrected chi connectivity index (χ1v) is 6.14. The average molecular weight is 337 g/mol. The van der Waals surface area contributed by atoms with Crippen LogP contribution in [0.15, 0.2) is 24.3 Å². The maximum Gasteiger partial charge on any atom is 0.416 e. The summed E-state index contributed by atoms with van der Waals surface area (Å²) in [5.41, 5.74) is -0.759. The molecule has 4 nitrogen and oxygen atoms in total. The number of benzene rings is 1. The zero-order chi connectivity index (χ0) is 14.2. The molecule has 1 aromatic rings. The highest BCUT2D eigenvalue weighted by molar-refractivity contribution is 9.10. The molecule has 1 unspecified atom stereocenters. The highest BCUT2D eigenvalue weighted by Crippen LogP contribution is 2.32. The third kappa shape index (κ3) is 2.89. The Morgan fingerprint density at radius 2 is 2.00 bits per heavy atom. The first-order chi connectivity index (χ1) is 8.79. The van der Waals surface area contributed by atoms with Crippen LogP contribution in [0.5, 0.6) is 0 Å². The molecule has 0 spiro atoms. The number of anilines is 1. The Kier molecular flexibility index (Phi) is 3.53. The number of halogens is 4. The van der Waals surface area contributed by atoms with E-state index in [1.54, 1.807) is 0 Å². The van der Waals surface area contributed by atoms with E-state index in [1.165, 1.54) is 12.1 Å². The SMILES string of the molecule is O=C1NC(=O)N(c2cccc(C(F)(F)F)c2)CC1Br. The van der Waals surface area contributed by atoms with Gasteiger partial charge in [0, 0.05) is 12.2 Å². The van der Waals surface area contributed by atoms with Crippen LogP contribution in [0.1, 0.15) is 5.56 Å². The number of urea groups is 1. The molecule has 2 rings (SSSR count). The van der Waals surface area contributed by atoms with Gasteiger partial charge in [-0.2, -0.15) is 13.2 Å². The predicted octanol–water partition coefficient (Wildman–Crippen LogP) is 2.53. The molecule has 8 heteroatoms. The van der Waals surface area contributed by atoms with E-state index in [-0.39, 0.29) is 12.2 Å². The molecular formula is C11H8BrF3N2O2. The molecule has 102 valence electrons. The maximum atomic E-state index is 12.6. The van der Waals surface area contributed by atoms with Crippen LogP contribution in [-0.4, -0.2) is 23.3 Å². The number of rotatable bonds is 1. The Bertz CT molecular complexity index is 533. The van der Waals surface area contributed by atoms with E-state index < -0.39 is 28.5 Å². The molecule has 1 aliphatic heterocycles.